The quantitative estimate of drug-likeness (QED) is 0.268. The fraction of sp³-hybridized carbons (Fsp3) is 0.227. The van der Waals surface area contributed by atoms with Crippen LogP contribution in [0.1, 0.15) is 17.0 Å². The molecule has 0 bridgehead atoms. The van der Waals surface area contributed by atoms with E-state index in [0.29, 0.717) is 27.4 Å². The average molecular weight is 493 g/mol. The molecular formula is C22H22Cl2N4OS2. The van der Waals surface area contributed by atoms with Crippen molar-refractivity contribution in [2.75, 3.05) is 11.1 Å². The zero-order valence-electron chi connectivity index (χ0n) is 17.0. The van der Waals surface area contributed by atoms with Crippen LogP contribution in [0.2, 0.25) is 10.0 Å². The van der Waals surface area contributed by atoms with Crippen molar-refractivity contribution in [1.82, 2.24) is 14.8 Å². The number of nitrogens with one attached hydrogen (secondary N) is 1. The van der Waals surface area contributed by atoms with Crippen molar-refractivity contribution in [3.8, 4) is 0 Å². The molecule has 0 aliphatic carbocycles. The number of hydrogen-bond acceptors (Lipinski definition) is 5. The molecule has 0 spiro atoms. The molecule has 0 fully saturated rings. The molecule has 3 rings (SSSR count). The fourth-order valence-electron chi connectivity index (χ4n) is 2.69. The summed E-state index contributed by atoms with van der Waals surface area (Å²) in [6.07, 6.45) is 1.80. The van der Waals surface area contributed by atoms with Gasteiger partial charge in [0.1, 0.15) is 5.82 Å². The van der Waals surface area contributed by atoms with Crippen LogP contribution in [0.25, 0.3) is 0 Å². The number of hydrogen-bond donors (Lipinski definition) is 1. The molecule has 162 valence electrons. The third kappa shape index (κ3) is 7.04. The minimum absolute atomic E-state index is 0.160. The topological polar surface area (TPSA) is 59.8 Å². The summed E-state index contributed by atoms with van der Waals surface area (Å²) >= 11 is 15.0. The van der Waals surface area contributed by atoms with Crippen LogP contribution in [-0.4, -0.2) is 26.4 Å². The Morgan fingerprint density at radius 1 is 1.13 bits per heavy atom. The minimum atomic E-state index is -0.160. The van der Waals surface area contributed by atoms with E-state index in [4.69, 9.17) is 23.2 Å². The van der Waals surface area contributed by atoms with E-state index in [0.717, 1.165) is 17.3 Å². The van der Waals surface area contributed by atoms with Crippen molar-refractivity contribution >= 4 is 58.3 Å². The van der Waals surface area contributed by atoms with Gasteiger partial charge in [-0.1, -0.05) is 70.9 Å². The van der Waals surface area contributed by atoms with E-state index in [1.54, 1.807) is 36.0 Å². The molecule has 2 aromatic carbocycles. The zero-order chi connectivity index (χ0) is 22.2. The van der Waals surface area contributed by atoms with E-state index in [2.05, 4.69) is 53.3 Å². The molecule has 0 saturated heterocycles. The Balaban J connectivity index is 1.56. The molecular weight excluding hydrogens is 471 g/mol. The number of anilines is 1. The molecule has 0 unspecified atom stereocenters. The van der Waals surface area contributed by atoms with E-state index in [1.807, 2.05) is 4.57 Å². The van der Waals surface area contributed by atoms with Crippen LogP contribution in [0.15, 0.2) is 60.3 Å². The number of carbonyl (C=O) groups excluding carboxylic acids is 1. The van der Waals surface area contributed by atoms with Crippen molar-refractivity contribution in [3.05, 3.63) is 82.1 Å². The molecule has 0 saturated carbocycles. The predicted octanol–water partition coefficient (Wildman–Crippen LogP) is 6.24. The van der Waals surface area contributed by atoms with Gasteiger partial charge in [-0.2, -0.15) is 0 Å². The Kier molecular flexibility index (Phi) is 8.90. The van der Waals surface area contributed by atoms with Crippen LogP contribution in [0, 0.1) is 6.92 Å². The minimum Gasteiger partial charge on any atom is -0.325 e. The number of carbonyl (C=O) groups is 1. The number of nitrogens with zero attached hydrogens (tertiary/aromatic N) is 3. The second kappa shape index (κ2) is 11.6. The molecule has 1 heterocycles. The van der Waals surface area contributed by atoms with Gasteiger partial charge in [-0.15, -0.1) is 28.5 Å². The highest BCUT2D eigenvalue weighted by atomic mass is 35.5. The lowest BCUT2D eigenvalue weighted by Gasteiger charge is -2.09. The highest BCUT2D eigenvalue weighted by molar-refractivity contribution is 7.99. The van der Waals surface area contributed by atoms with Gasteiger partial charge in [0, 0.05) is 18.0 Å². The molecule has 1 aromatic heterocycles. The maximum absolute atomic E-state index is 12.3. The smallest absolute Gasteiger partial charge is 0.234 e. The lowest BCUT2D eigenvalue weighted by molar-refractivity contribution is -0.113. The lowest BCUT2D eigenvalue weighted by Crippen LogP contribution is -2.14. The molecule has 0 aliphatic heterocycles. The molecule has 0 aliphatic rings. The molecule has 31 heavy (non-hydrogen) atoms. The third-order valence-corrected chi connectivity index (χ3v) is 6.97. The first kappa shape index (κ1) is 23.7. The van der Waals surface area contributed by atoms with Crippen molar-refractivity contribution in [3.63, 3.8) is 0 Å². The molecule has 3 aromatic rings. The summed E-state index contributed by atoms with van der Waals surface area (Å²) < 4.78 is 1.99. The molecule has 0 atom stereocenters. The lowest BCUT2D eigenvalue weighted by atomic mass is 10.2. The summed E-state index contributed by atoms with van der Waals surface area (Å²) in [5, 5.41) is 12.9. The Labute approximate surface area is 200 Å². The fourth-order valence-corrected chi connectivity index (χ4v) is 4.68. The van der Waals surface area contributed by atoms with Gasteiger partial charge in [-0.3, -0.25) is 4.79 Å². The number of amides is 1. The summed E-state index contributed by atoms with van der Waals surface area (Å²) in [6.45, 7) is 6.49. The van der Waals surface area contributed by atoms with Crippen LogP contribution in [0.3, 0.4) is 0 Å². The summed E-state index contributed by atoms with van der Waals surface area (Å²) in [4.78, 5) is 12.3. The van der Waals surface area contributed by atoms with Gasteiger partial charge in [-0.05, 0) is 30.7 Å². The summed E-state index contributed by atoms with van der Waals surface area (Å²) in [7, 11) is 0. The van der Waals surface area contributed by atoms with Crippen LogP contribution in [0.4, 0.5) is 5.69 Å². The van der Waals surface area contributed by atoms with E-state index in [9.17, 15) is 4.79 Å². The predicted molar refractivity (Wildman–Crippen MR) is 132 cm³/mol. The number of rotatable bonds is 10. The normalized spacial score (nSPS) is 10.8. The standard InChI is InChI=1S/C22H22Cl2N4OS2/c1-3-10-28-20(13-30-12-16-6-4-15(2)5-7-16)26-27-22(28)31-14-21(29)25-17-8-9-18(23)19(24)11-17/h3-9,11H,1,10,12-14H2,2H3,(H,25,29). The Bertz CT molecular complexity index is 1050. The van der Waals surface area contributed by atoms with Crippen LogP contribution < -0.4 is 5.32 Å². The Hall–Kier alpha value is -1.93. The molecule has 0 radical (unpaired) electrons. The van der Waals surface area contributed by atoms with Gasteiger partial charge < -0.3 is 9.88 Å². The van der Waals surface area contributed by atoms with Crippen LogP contribution >= 0.6 is 46.7 Å². The second-order valence-electron chi connectivity index (χ2n) is 6.74. The highest BCUT2D eigenvalue weighted by Crippen LogP contribution is 2.26. The zero-order valence-corrected chi connectivity index (χ0v) is 20.1. The van der Waals surface area contributed by atoms with Gasteiger partial charge in [0.2, 0.25) is 5.91 Å². The number of benzene rings is 2. The Morgan fingerprint density at radius 3 is 2.61 bits per heavy atom. The van der Waals surface area contributed by atoms with Crippen molar-refractivity contribution in [2.45, 2.75) is 30.1 Å². The first-order chi connectivity index (χ1) is 15.0. The maximum atomic E-state index is 12.3. The number of halogens is 2. The van der Waals surface area contributed by atoms with Crippen molar-refractivity contribution in [1.29, 1.82) is 0 Å². The van der Waals surface area contributed by atoms with E-state index in [-0.39, 0.29) is 11.7 Å². The molecule has 1 N–H and O–H groups in total. The van der Waals surface area contributed by atoms with Gasteiger partial charge in [0.25, 0.3) is 0 Å². The Morgan fingerprint density at radius 2 is 1.90 bits per heavy atom. The van der Waals surface area contributed by atoms with Crippen LogP contribution in [-0.2, 0) is 22.8 Å². The van der Waals surface area contributed by atoms with E-state index >= 15 is 0 Å². The summed E-state index contributed by atoms with van der Waals surface area (Å²) in [5.41, 5.74) is 3.13. The van der Waals surface area contributed by atoms with Gasteiger partial charge in [-0.25, -0.2) is 0 Å². The SMILES string of the molecule is C=CCn1c(CSCc2ccc(C)cc2)nnc1SCC(=O)Nc1ccc(Cl)c(Cl)c1. The number of thioether (sulfide) groups is 2. The largest absolute Gasteiger partial charge is 0.325 e. The molecule has 9 heteroatoms. The average Bonchev–Trinajstić information content (AvgIpc) is 3.13. The molecule has 5 nitrogen and oxygen atoms in total. The first-order valence-electron chi connectivity index (χ1n) is 9.50. The third-order valence-electron chi connectivity index (χ3n) is 4.26. The van der Waals surface area contributed by atoms with Gasteiger partial charge in [0.05, 0.1) is 21.6 Å². The monoisotopic (exact) mass is 492 g/mol. The highest BCUT2D eigenvalue weighted by Gasteiger charge is 2.14. The van der Waals surface area contributed by atoms with Gasteiger partial charge >= 0.3 is 0 Å². The van der Waals surface area contributed by atoms with Crippen molar-refractivity contribution in [2.24, 2.45) is 0 Å². The summed E-state index contributed by atoms with van der Waals surface area (Å²) in [6, 6.07) is 13.5. The number of aromatic nitrogens is 3. The summed E-state index contributed by atoms with van der Waals surface area (Å²) in [5.74, 6) is 2.53. The van der Waals surface area contributed by atoms with Gasteiger partial charge in [0.15, 0.2) is 5.16 Å². The number of allylic oxidation sites excluding steroid dienone is 1. The number of aryl methyl sites for hydroxylation is 1. The maximum Gasteiger partial charge on any atom is 0.234 e. The first-order valence-corrected chi connectivity index (χ1v) is 12.4. The van der Waals surface area contributed by atoms with E-state index in [1.165, 1.54) is 22.9 Å². The van der Waals surface area contributed by atoms with Crippen LogP contribution in [0.5, 0.6) is 0 Å². The second-order valence-corrected chi connectivity index (χ2v) is 9.48. The van der Waals surface area contributed by atoms with Crippen molar-refractivity contribution < 1.29 is 4.79 Å². The molecule has 1 amide bonds. The van der Waals surface area contributed by atoms with E-state index < -0.39 is 0 Å².